The molecule has 24 heavy (non-hydrogen) atoms. The number of rotatable bonds is 5. The van der Waals surface area contributed by atoms with Crippen LogP contribution in [0.1, 0.15) is 16.2 Å². The van der Waals surface area contributed by atoms with Gasteiger partial charge >= 0.3 is 0 Å². The van der Waals surface area contributed by atoms with Crippen LogP contribution in [0.4, 0.5) is 4.39 Å². The van der Waals surface area contributed by atoms with Crippen molar-refractivity contribution in [2.24, 2.45) is 0 Å². The molecule has 122 valence electrons. The first kappa shape index (κ1) is 16.1. The van der Waals surface area contributed by atoms with Gasteiger partial charge in [0.2, 0.25) is 11.7 Å². The predicted molar refractivity (Wildman–Crippen MR) is 87.2 cm³/mol. The number of hydrogen-bond donors (Lipinski definition) is 1. The molecular formula is C17H13ClFN3O2. The van der Waals surface area contributed by atoms with Crippen LogP contribution in [0.5, 0.6) is 0 Å². The molecule has 3 rings (SSSR count). The molecule has 2 aromatic carbocycles. The molecule has 0 fully saturated rings. The fourth-order valence-corrected chi connectivity index (χ4v) is 2.31. The van der Waals surface area contributed by atoms with Crippen LogP contribution in [0.25, 0.3) is 11.4 Å². The highest BCUT2D eigenvalue weighted by molar-refractivity contribution is 6.30. The van der Waals surface area contributed by atoms with E-state index < -0.39 is 5.82 Å². The van der Waals surface area contributed by atoms with E-state index in [-0.39, 0.29) is 17.3 Å². The lowest BCUT2D eigenvalue weighted by molar-refractivity contribution is 0.0953. The van der Waals surface area contributed by atoms with Gasteiger partial charge in [-0.3, -0.25) is 4.79 Å². The van der Waals surface area contributed by atoms with Crippen LogP contribution in [0.2, 0.25) is 5.02 Å². The number of aromatic nitrogens is 2. The average Bonchev–Trinajstić information content (AvgIpc) is 3.04. The first-order chi connectivity index (χ1) is 11.6. The minimum Gasteiger partial charge on any atom is -0.352 e. The standard InChI is InChI=1S/C17H13ClFN3O2/c18-12-5-3-4-11(10-12)17(23)20-9-8-15-21-16(22-24-15)13-6-1-2-7-14(13)19/h1-7,10H,8-9H2,(H,20,23). The third-order valence-electron chi connectivity index (χ3n) is 3.29. The average molecular weight is 346 g/mol. The Kier molecular flexibility index (Phi) is 4.86. The van der Waals surface area contributed by atoms with Crippen molar-refractivity contribution in [3.8, 4) is 11.4 Å². The molecule has 1 heterocycles. The van der Waals surface area contributed by atoms with Crippen LogP contribution < -0.4 is 5.32 Å². The molecule has 0 aliphatic carbocycles. The second-order valence-electron chi connectivity index (χ2n) is 5.01. The summed E-state index contributed by atoms with van der Waals surface area (Å²) in [7, 11) is 0. The van der Waals surface area contributed by atoms with E-state index in [0.717, 1.165) is 0 Å². The fraction of sp³-hybridized carbons (Fsp3) is 0.118. The maximum atomic E-state index is 13.7. The summed E-state index contributed by atoms with van der Waals surface area (Å²) in [5.41, 5.74) is 0.746. The van der Waals surface area contributed by atoms with E-state index in [1.54, 1.807) is 42.5 Å². The Hall–Kier alpha value is -2.73. The molecule has 0 aliphatic rings. The first-order valence-electron chi connectivity index (χ1n) is 7.25. The van der Waals surface area contributed by atoms with Gasteiger partial charge in [0.05, 0.1) is 5.56 Å². The van der Waals surface area contributed by atoms with Gasteiger partial charge in [0.25, 0.3) is 5.91 Å². The zero-order valence-corrected chi connectivity index (χ0v) is 13.3. The van der Waals surface area contributed by atoms with Crippen LogP contribution in [0.15, 0.2) is 53.1 Å². The van der Waals surface area contributed by atoms with E-state index >= 15 is 0 Å². The Labute approximate surface area is 142 Å². The summed E-state index contributed by atoms with van der Waals surface area (Å²) in [6.07, 6.45) is 0.341. The molecule has 0 unspecified atom stereocenters. The number of carbonyl (C=O) groups is 1. The molecule has 1 aromatic heterocycles. The molecule has 0 aliphatic heterocycles. The summed E-state index contributed by atoms with van der Waals surface area (Å²) in [5, 5.41) is 6.99. The topological polar surface area (TPSA) is 68.0 Å². The normalized spacial score (nSPS) is 10.6. The first-order valence-corrected chi connectivity index (χ1v) is 7.62. The van der Waals surface area contributed by atoms with Gasteiger partial charge in [-0.05, 0) is 30.3 Å². The van der Waals surface area contributed by atoms with Crippen LogP contribution in [-0.2, 0) is 6.42 Å². The Balaban J connectivity index is 1.58. The quantitative estimate of drug-likeness (QED) is 0.768. The molecule has 0 radical (unpaired) electrons. The molecule has 1 amide bonds. The lowest BCUT2D eigenvalue weighted by Crippen LogP contribution is -2.25. The molecule has 3 aromatic rings. The van der Waals surface area contributed by atoms with Crippen molar-refractivity contribution < 1.29 is 13.7 Å². The van der Waals surface area contributed by atoms with Crippen LogP contribution in [0.3, 0.4) is 0 Å². The minimum absolute atomic E-state index is 0.185. The second-order valence-corrected chi connectivity index (χ2v) is 5.44. The van der Waals surface area contributed by atoms with Crippen molar-refractivity contribution in [1.29, 1.82) is 0 Å². The van der Waals surface area contributed by atoms with E-state index in [1.165, 1.54) is 6.07 Å². The number of hydrogen-bond acceptors (Lipinski definition) is 4. The molecule has 7 heteroatoms. The van der Waals surface area contributed by atoms with Gasteiger partial charge in [-0.25, -0.2) is 4.39 Å². The highest BCUT2D eigenvalue weighted by Crippen LogP contribution is 2.19. The molecule has 0 saturated heterocycles. The number of amides is 1. The van der Waals surface area contributed by atoms with Crippen molar-refractivity contribution in [3.05, 3.63) is 70.8 Å². The van der Waals surface area contributed by atoms with Gasteiger partial charge in [0.15, 0.2) is 0 Å². The Morgan fingerprint density at radius 2 is 2.04 bits per heavy atom. The molecule has 5 nitrogen and oxygen atoms in total. The van der Waals surface area contributed by atoms with Crippen molar-refractivity contribution >= 4 is 17.5 Å². The highest BCUT2D eigenvalue weighted by Gasteiger charge is 2.12. The third-order valence-corrected chi connectivity index (χ3v) is 3.53. The molecular weight excluding hydrogens is 333 g/mol. The predicted octanol–water partition coefficient (Wildman–Crippen LogP) is 3.50. The van der Waals surface area contributed by atoms with Gasteiger partial charge < -0.3 is 9.84 Å². The largest absolute Gasteiger partial charge is 0.352 e. The highest BCUT2D eigenvalue weighted by atomic mass is 35.5. The van der Waals surface area contributed by atoms with E-state index in [1.807, 2.05) is 0 Å². The summed E-state index contributed by atoms with van der Waals surface area (Å²) in [6, 6.07) is 12.8. The molecule has 0 bridgehead atoms. The SMILES string of the molecule is O=C(NCCc1nc(-c2ccccc2F)no1)c1cccc(Cl)c1. The molecule has 1 N–H and O–H groups in total. The second kappa shape index (κ2) is 7.23. The summed E-state index contributed by atoms with van der Waals surface area (Å²) < 4.78 is 18.8. The third kappa shape index (κ3) is 3.78. The lowest BCUT2D eigenvalue weighted by atomic mass is 10.2. The Bertz CT molecular complexity index is 866. The van der Waals surface area contributed by atoms with Crippen molar-refractivity contribution in [3.63, 3.8) is 0 Å². The van der Waals surface area contributed by atoms with Crippen LogP contribution in [-0.4, -0.2) is 22.6 Å². The summed E-state index contributed by atoms with van der Waals surface area (Å²) >= 11 is 5.85. The van der Waals surface area contributed by atoms with E-state index in [0.29, 0.717) is 29.4 Å². The van der Waals surface area contributed by atoms with Gasteiger partial charge in [-0.15, -0.1) is 0 Å². The maximum Gasteiger partial charge on any atom is 0.251 e. The number of halogens is 2. The number of carbonyl (C=O) groups excluding carboxylic acids is 1. The van der Waals surface area contributed by atoms with Crippen LogP contribution in [0, 0.1) is 5.82 Å². The maximum absolute atomic E-state index is 13.7. The van der Waals surface area contributed by atoms with Crippen molar-refractivity contribution in [2.75, 3.05) is 6.54 Å². The molecule has 0 atom stereocenters. The van der Waals surface area contributed by atoms with Gasteiger partial charge in [0.1, 0.15) is 5.82 Å². The number of nitrogens with one attached hydrogen (secondary N) is 1. The Morgan fingerprint density at radius 1 is 1.21 bits per heavy atom. The van der Waals surface area contributed by atoms with Crippen LogP contribution >= 0.6 is 11.6 Å². The van der Waals surface area contributed by atoms with E-state index in [4.69, 9.17) is 16.1 Å². The fourth-order valence-electron chi connectivity index (χ4n) is 2.12. The monoisotopic (exact) mass is 345 g/mol. The summed E-state index contributed by atoms with van der Waals surface area (Å²) in [4.78, 5) is 16.1. The van der Waals surface area contributed by atoms with Crippen molar-refractivity contribution in [2.45, 2.75) is 6.42 Å². The lowest BCUT2D eigenvalue weighted by Gasteiger charge is -2.03. The zero-order valence-electron chi connectivity index (χ0n) is 12.5. The van der Waals surface area contributed by atoms with Crippen molar-refractivity contribution in [1.82, 2.24) is 15.5 Å². The summed E-state index contributed by atoms with van der Waals surface area (Å²) in [6.45, 7) is 0.310. The van der Waals surface area contributed by atoms with Gasteiger partial charge in [-0.2, -0.15) is 4.98 Å². The number of nitrogens with zero attached hydrogens (tertiary/aromatic N) is 2. The molecule has 0 spiro atoms. The Morgan fingerprint density at radius 3 is 2.83 bits per heavy atom. The van der Waals surface area contributed by atoms with E-state index in [2.05, 4.69) is 15.5 Å². The zero-order chi connectivity index (χ0) is 16.9. The number of benzene rings is 2. The smallest absolute Gasteiger partial charge is 0.251 e. The van der Waals surface area contributed by atoms with Gasteiger partial charge in [-0.1, -0.05) is 35.0 Å². The van der Waals surface area contributed by atoms with Gasteiger partial charge in [0, 0.05) is 23.6 Å². The molecule has 0 saturated carbocycles. The summed E-state index contributed by atoms with van der Waals surface area (Å²) in [5.74, 6) is -0.158. The van der Waals surface area contributed by atoms with E-state index in [9.17, 15) is 9.18 Å². The minimum atomic E-state index is -0.417.